The van der Waals surface area contributed by atoms with E-state index in [4.69, 9.17) is 0 Å². The summed E-state index contributed by atoms with van der Waals surface area (Å²) in [5.74, 6) is 0.362. The zero-order valence-corrected chi connectivity index (χ0v) is 18.7. The number of rotatable bonds is 6. The van der Waals surface area contributed by atoms with Crippen LogP contribution in [0.25, 0.3) is 0 Å². The van der Waals surface area contributed by atoms with Crippen LogP contribution < -0.4 is 15.8 Å². The topological polar surface area (TPSA) is 67.2 Å². The van der Waals surface area contributed by atoms with Crippen molar-refractivity contribution in [2.24, 2.45) is 5.92 Å². The number of piperidine rings is 1. The second-order valence-corrected chi connectivity index (χ2v) is 8.75. The lowest BCUT2D eigenvalue weighted by molar-refractivity contribution is -0.120. The summed E-state index contributed by atoms with van der Waals surface area (Å²) in [7, 11) is 0. The minimum atomic E-state index is -0.136. The van der Waals surface area contributed by atoms with E-state index in [0.717, 1.165) is 36.3 Å². The van der Waals surface area contributed by atoms with Crippen LogP contribution in [-0.4, -0.2) is 28.8 Å². The number of carbonyl (C=O) groups is 1. The van der Waals surface area contributed by atoms with Gasteiger partial charge in [-0.05, 0) is 42.0 Å². The Balaban J connectivity index is 1.40. The summed E-state index contributed by atoms with van der Waals surface area (Å²) in [6, 6.07) is 19.5. The normalized spacial score (nSPS) is 16.2. The van der Waals surface area contributed by atoms with Gasteiger partial charge in [-0.2, -0.15) is 5.10 Å². The van der Waals surface area contributed by atoms with E-state index in [1.54, 1.807) is 12.3 Å². The molecule has 0 radical (unpaired) electrons. The van der Waals surface area contributed by atoms with Gasteiger partial charge in [-0.1, -0.05) is 56.3 Å². The van der Waals surface area contributed by atoms with Gasteiger partial charge in [-0.15, -0.1) is 0 Å². The molecule has 1 amide bonds. The van der Waals surface area contributed by atoms with Gasteiger partial charge >= 0.3 is 0 Å². The summed E-state index contributed by atoms with van der Waals surface area (Å²) >= 11 is 0. The number of hydrogen-bond donors (Lipinski definition) is 1. The molecule has 1 saturated heterocycles. The number of nitrogens with one attached hydrogen (secondary N) is 1. The highest BCUT2D eigenvalue weighted by Gasteiger charge is 2.26. The molecule has 1 aromatic heterocycles. The van der Waals surface area contributed by atoms with Crippen molar-refractivity contribution < 1.29 is 4.79 Å². The van der Waals surface area contributed by atoms with E-state index in [2.05, 4.69) is 41.3 Å². The molecule has 0 bridgehead atoms. The Morgan fingerprint density at radius 1 is 1.12 bits per heavy atom. The monoisotopic (exact) mass is 430 g/mol. The maximum atomic E-state index is 12.9. The molecule has 2 heterocycles. The second kappa shape index (κ2) is 9.81. The molecule has 0 saturated carbocycles. The van der Waals surface area contributed by atoms with E-state index in [1.165, 1.54) is 10.2 Å². The molecule has 1 N–H and O–H groups in total. The molecule has 2 aromatic carbocycles. The quantitative estimate of drug-likeness (QED) is 0.634. The first-order valence-electron chi connectivity index (χ1n) is 11.3. The van der Waals surface area contributed by atoms with Gasteiger partial charge in [0.1, 0.15) is 0 Å². The van der Waals surface area contributed by atoms with Gasteiger partial charge in [0.25, 0.3) is 5.56 Å². The molecule has 0 aliphatic carbocycles. The van der Waals surface area contributed by atoms with Gasteiger partial charge in [0.15, 0.2) is 0 Å². The van der Waals surface area contributed by atoms with E-state index in [1.807, 2.05) is 42.5 Å². The summed E-state index contributed by atoms with van der Waals surface area (Å²) in [4.78, 5) is 27.6. The van der Waals surface area contributed by atoms with Crippen molar-refractivity contribution in [1.29, 1.82) is 0 Å². The Kier molecular flexibility index (Phi) is 6.69. The fraction of sp³-hybridized carbons (Fsp3) is 0.346. The summed E-state index contributed by atoms with van der Waals surface area (Å²) in [5.41, 5.74) is 3.75. The van der Waals surface area contributed by atoms with Crippen molar-refractivity contribution in [3.63, 3.8) is 0 Å². The van der Waals surface area contributed by atoms with E-state index >= 15 is 0 Å². The number of nitrogens with zero attached hydrogens (tertiary/aromatic N) is 3. The van der Waals surface area contributed by atoms with Gasteiger partial charge in [0.05, 0.1) is 24.3 Å². The maximum absolute atomic E-state index is 12.9. The Morgan fingerprint density at radius 2 is 1.88 bits per heavy atom. The highest BCUT2D eigenvalue weighted by atomic mass is 16.2. The summed E-state index contributed by atoms with van der Waals surface area (Å²) < 4.78 is 1.47. The highest BCUT2D eigenvalue weighted by Crippen LogP contribution is 2.24. The number of aromatic nitrogens is 2. The molecule has 1 aliphatic heterocycles. The van der Waals surface area contributed by atoms with Crippen molar-refractivity contribution in [3.05, 3.63) is 88.3 Å². The molecule has 32 heavy (non-hydrogen) atoms. The minimum absolute atomic E-state index is 0.0253. The second-order valence-electron chi connectivity index (χ2n) is 8.75. The molecule has 4 rings (SSSR count). The highest BCUT2D eigenvalue weighted by molar-refractivity contribution is 5.93. The third kappa shape index (κ3) is 5.25. The van der Waals surface area contributed by atoms with Crippen LogP contribution in [0.1, 0.15) is 43.7 Å². The molecule has 3 aromatic rings. The van der Waals surface area contributed by atoms with Gasteiger partial charge in [-0.25, -0.2) is 4.68 Å². The Hall–Kier alpha value is -3.41. The van der Waals surface area contributed by atoms with E-state index < -0.39 is 0 Å². The molecule has 1 atom stereocenters. The maximum Gasteiger partial charge on any atom is 0.269 e. The zero-order chi connectivity index (χ0) is 22.5. The SMILES string of the molecule is CC(C)c1ccc(NC(=O)[C@@H]2CCCN(c3cnn(Cc4ccccc4)c(=O)c3)C2)cc1. The lowest BCUT2D eigenvalue weighted by atomic mass is 9.96. The molecular weight excluding hydrogens is 400 g/mol. The van der Waals surface area contributed by atoms with Crippen LogP contribution in [0.2, 0.25) is 0 Å². The van der Waals surface area contributed by atoms with E-state index in [0.29, 0.717) is 19.0 Å². The molecular formula is C26H30N4O2. The standard InChI is InChI=1S/C26H30N4O2/c1-19(2)21-10-12-23(13-11-21)28-26(32)22-9-6-14-29(18-22)24-15-25(31)30(27-16-24)17-20-7-4-3-5-8-20/h3-5,7-8,10-13,15-16,19,22H,6,9,14,17-18H2,1-2H3,(H,28,32)/t22-/m1/s1. The fourth-order valence-corrected chi connectivity index (χ4v) is 4.09. The first-order valence-corrected chi connectivity index (χ1v) is 11.3. The predicted octanol–water partition coefficient (Wildman–Crippen LogP) is 4.27. The smallest absolute Gasteiger partial charge is 0.269 e. The Labute approximate surface area is 188 Å². The number of anilines is 2. The van der Waals surface area contributed by atoms with E-state index in [9.17, 15) is 9.59 Å². The molecule has 0 unspecified atom stereocenters. The molecule has 6 heteroatoms. The van der Waals surface area contributed by atoms with Crippen LogP contribution in [0.4, 0.5) is 11.4 Å². The largest absolute Gasteiger partial charge is 0.369 e. The van der Waals surface area contributed by atoms with Crippen molar-refractivity contribution in [2.75, 3.05) is 23.3 Å². The Morgan fingerprint density at radius 3 is 2.56 bits per heavy atom. The third-order valence-electron chi connectivity index (χ3n) is 6.03. The number of benzene rings is 2. The van der Waals surface area contributed by atoms with Gasteiger partial charge in [0.2, 0.25) is 5.91 Å². The average Bonchev–Trinajstić information content (AvgIpc) is 2.81. The van der Waals surface area contributed by atoms with Gasteiger partial charge in [0, 0.05) is 24.8 Å². The van der Waals surface area contributed by atoms with Crippen LogP contribution in [-0.2, 0) is 11.3 Å². The van der Waals surface area contributed by atoms with Crippen LogP contribution >= 0.6 is 0 Å². The van der Waals surface area contributed by atoms with Crippen LogP contribution in [0.5, 0.6) is 0 Å². The van der Waals surface area contributed by atoms with Gasteiger partial charge in [-0.3, -0.25) is 9.59 Å². The minimum Gasteiger partial charge on any atom is -0.369 e. The lowest BCUT2D eigenvalue weighted by Gasteiger charge is -2.33. The fourth-order valence-electron chi connectivity index (χ4n) is 4.09. The van der Waals surface area contributed by atoms with Crippen LogP contribution in [0.15, 0.2) is 71.7 Å². The summed E-state index contributed by atoms with van der Waals surface area (Å²) in [6.07, 6.45) is 3.47. The molecule has 0 spiro atoms. The molecule has 1 aliphatic rings. The Bertz CT molecular complexity index is 1110. The first-order chi connectivity index (χ1) is 15.5. The predicted molar refractivity (Wildman–Crippen MR) is 128 cm³/mol. The van der Waals surface area contributed by atoms with Crippen molar-refractivity contribution in [1.82, 2.24) is 9.78 Å². The lowest BCUT2D eigenvalue weighted by Crippen LogP contribution is -2.41. The summed E-state index contributed by atoms with van der Waals surface area (Å²) in [5, 5.41) is 7.42. The first kappa shape index (κ1) is 21.8. The number of hydrogen-bond acceptors (Lipinski definition) is 4. The summed E-state index contributed by atoms with van der Waals surface area (Å²) in [6.45, 7) is 6.15. The number of carbonyl (C=O) groups excluding carboxylic acids is 1. The van der Waals surface area contributed by atoms with Gasteiger partial charge < -0.3 is 10.2 Å². The third-order valence-corrected chi connectivity index (χ3v) is 6.03. The molecule has 1 fully saturated rings. The van der Waals surface area contributed by atoms with Crippen molar-refractivity contribution in [2.45, 2.75) is 39.2 Å². The average molecular weight is 431 g/mol. The molecule has 166 valence electrons. The van der Waals surface area contributed by atoms with Crippen molar-refractivity contribution >= 4 is 17.3 Å². The van der Waals surface area contributed by atoms with E-state index in [-0.39, 0.29) is 17.4 Å². The molecule has 6 nitrogen and oxygen atoms in total. The van der Waals surface area contributed by atoms with Crippen LogP contribution in [0.3, 0.4) is 0 Å². The van der Waals surface area contributed by atoms with Crippen molar-refractivity contribution in [3.8, 4) is 0 Å². The van der Waals surface area contributed by atoms with Crippen LogP contribution in [0, 0.1) is 5.92 Å². The number of amides is 1. The zero-order valence-electron chi connectivity index (χ0n) is 18.7.